The summed E-state index contributed by atoms with van der Waals surface area (Å²) in [6, 6.07) is 7.21. The van der Waals surface area contributed by atoms with Crippen LogP contribution in [-0.4, -0.2) is 22.2 Å². The molecule has 2 rings (SSSR count). The molecule has 0 spiro atoms. The van der Waals surface area contributed by atoms with Crippen molar-refractivity contribution in [3.05, 3.63) is 46.2 Å². The van der Waals surface area contributed by atoms with Crippen molar-refractivity contribution >= 4 is 17.4 Å². The quantitative estimate of drug-likeness (QED) is 0.768. The first-order valence-corrected chi connectivity index (χ1v) is 7.40. The minimum absolute atomic E-state index is 0.00380. The molecule has 2 aromatic rings. The molecule has 0 saturated carbocycles. The fraction of sp³-hybridized carbons (Fsp3) is 0.375. The molecule has 21 heavy (non-hydrogen) atoms. The van der Waals surface area contributed by atoms with Crippen molar-refractivity contribution in [3.8, 4) is 5.75 Å². The molecule has 1 aromatic carbocycles. The summed E-state index contributed by atoms with van der Waals surface area (Å²) in [6.07, 6.45) is 0.985. The highest BCUT2D eigenvalue weighted by molar-refractivity contribution is 6.32. The molecule has 0 aliphatic carbocycles. The van der Waals surface area contributed by atoms with E-state index in [4.69, 9.17) is 16.3 Å². The van der Waals surface area contributed by atoms with Crippen LogP contribution in [0.2, 0.25) is 5.02 Å². The van der Waals surface area contributed by atoms with Crippen molar-refractivity contribution in [1.82, 2.24) is 9.78 Å². The Kier molecular flexibility index (Phi) is 5.02. The third-order valence-corrected chi connectivity index (χ3v) is 3.73. The first kappa shape index (κ1) is 15.6. The summed E-state index contributed by atoms with van der Waals surface area (Å²) < 4.78 is 7.11. The Bertz CT molecular complexity index is 650. The maximum atomic E-state index is 12.4. The van der Waals surface area contributed by atoms with Crippen LogP contribution in [0.4, 0.5) is 0 Å². The van der Waals surface area contributed by atoms with E-state index >= 15 is 0 Å². The van der Waals surface area contributed by atoms with Crippen LogP contribution in [-0.2, 0) is 19.9 Å². The summed E-state index contributed by atoms with van der Waals surface area (Å²) in [5.41, 5.74) is 2.20. The normalized spacial score (nSPS) is 10.7. The topological polar surface area (TPSA) is 44.1 Å². The van der Waals surface area contributed by atoms with Crippen LogP contribution in [0.5, 0.6) is 5.75 Å². The number of carbonyl (C=O) groups excluding carboxylic acids is 1. The number of aromatic nitrogens is 2. The fourth-order valence-electron chi connectivity index (χ4n) is 2.19. The molecule has 112 valence electrons. The smallest absolute Gasteiger partial charge is 0.168 e. The van der Waals surface area contributed by atoms with Gasteiger partial charge in [-0.25, -0.2) is 0 Å². The van der Waals surface area contributed by atoms with E-state index in [2.05, 4.69) is 5.10 Å². The van der Waals surface area contributed by atoms with Crippen molar-refractivity contribution in [1.29, 1.82) is 0 Å². The Hall–Kier alpha value is -1.81. The Morgan fingerprint density at radius 2 is 2.14 bits per heavy atom. The minimum atomic E-state index is 0.00380. The van der Waals surface area contributed by atoms with Crippen LogP contribution in [0.1, 0.15) is 35.6 Å². The molecule has 1 heterocycles. The highest BCUT2D eigenvalue weighted by Gasteiger charge is 2.17. The summed E-state index contributed by atoms with van der Waals surface area (Å²) >= 11 is 6.28. The van der Waals surface area contributed by atoms with Gasteiger partial charge in [0.15, 0.2) is 5.78 Å². The van der Waals surface area contributed by atoms with Crippen molar-refractivity contribution in [2.45, 2.75) is 26.7 Å². The van der Waals surface area contributed by atoms with Gasteiger partial charge < -0.3 is 4.74 Å². The molecule has 0 saturated heterocycles. The molecule has 0 unspecified atom stereocenters. The average molecular weight is 307 g/mol. The highest BCUT2D eigenvalue weighted by atomic mass is 35.5. The second-order valence-electron chi connectivity index (χ2n) is 4.75. The molecule has 0 radical (unpaired) electrons. The van der Waals surface area contributed by atoms with E-state index in [0.717, 1.165) is 17.8 Å². The number of carbonyl (C=O) groups is 1. The van der Waals surface area contributed by atoms with E-state index in [1.54, 1.807) is 16.8 Å². The first-order valence-electron chi connectivity index (χ1n) is 7.03. The van der Waals surface area contributed by atoms with Gasteiger partial charge in [-0.2, -0.15) is 5.10 Å². The average Bonchev–Trinajstić information content (AvgIpc) is 2.75. The first-order chi connectivity index (χ1) is 10.1. The molecule has 0 bridgehead atoms. The molecule has 0 aliphatic heterocycles. The van der Waals surface area contributed by atoms with Crippen LogP contribution < -0.4 is 4.74 Å². The monoisotopic (exact) mass is 306 g/mol. The van der Waals surface area contributed by atoms with E-state index in [-0.39, 0.29) is 12.2 Å². The van der Waals surface area contributed by atoms with Gasteiger partial charge in [-0.3, -0.25) is 9.48 Å². The van der Waals surface area contributed by atoms with Gasteiger partial charge in [-0.1, -0.05) is 30.7 Å². The van der Waals surface area contributed by atoms with Gasteiger partial charge in [0.1, 0.15) is 5.75 Å². The summed E-state index contributed by atoms with van der Waals surface area (Å²) in [7, 11) is 1.81. The predicted molar refractivity (Wildman–Crippen MR) is 83.2 cm³/mol. The van der Waals surface area contributed by atoms with Crippen LogP contribution in [0.3, 0.4) is 0 Å². The Morgan fingerprint density at radius 1 is 1.38 bits per heavy atom. The number of ether oxygens (including phenoxy) is 1. The van der Waals surface area contributed by atoms with Crippen LogP contribution in [0.25, 0.3) is 0 Å². The maximum absolute atomic E-state index is 12.4. The third-order valence-electron chi connectivity index (χ3n) is 3.30. The van der Waals surface area contributed by atoms with Gasteiger partial charge in [-0.05, 0) is 25.5 Å². The zero-order chi connectivity index (χ0) is 15.4. The van der Waals surface area contributed by atoms with Crippen molar-refractivity contribution in [3.63, 3.8) is 0 Å². The number of halogens is 1. The van der Waals surface area contributed by atoms with Gasteiger partial charge in [0.2, 0.25) is 0 Å². The molecule has 0 amide bonds. The third kappa shape index (κ3) is 3.45. The standard InChI is InChI=1S/C16H19ClN2O2/c1-4-13-16(17)14(19(3)18-13)10-15(20)11-7-6-8-12(9-11)21-5-2/h6-9H,4-5,10H2,1-3H3. The number of hydrogen-bond acceptors (Lipinski definition) is 3. The number of nitrogens with zero attached hydrogens (tertiary/aromatic N) is 2. The largest absolute Gasteiger partial charge is 0.494 e. The zero-order valence-corrected chi connectivity index (χ0v) is 13.3. The van der Waals surface area contributed by atoms with Crippen LogP contribution >= 0.6 is 11.6 Å². The fourth-order valence-corrected chi connectivity index (χ4v) is 2.55. The van der Waals surface area contributed by atoms with Crippen LogP contribution in [0.15, 0.2) is 24.3 Å². The molecular formula is C16H19ClN2O2. The lowest BCUT2D eigenvalue weighted by molar-refractivity contribution is 0.0990. The lowest BCUT2D eigenvalue weighted by Gasteiger charge is -2.06. The molecule has 0 atom stereocenters. The molecule has 5 heteroatoms. The van der Waals surface area contributed by atoms with Gasteiger partial charge in [0.05, 0.1) is 29.4 Å². The van der Waals surface area contributed by atoms with Crippen molar-refractivity contribution in [2.75, 3.05) is 6.61 Å². The Labute approximate surface area is 129 Å². The number of hydrogen-bond donors (Lipinski definition) is 0. The van der Waals surface area contributed by atoms with E-state index in [0.29, 0.717) is 22.9 Å². The molecule has 4 nitrogen and oxygen atoms in total. The minimum Gasteiger partial charge on any atom is -0.494 e. The number of aryl methyl sites for hydroxylation is 2. The molecule has 0 aliphatic rings. The van der Waals surface area contributed by atoms with Crippen molar-refractivity contribution < 1.29 is 9.53 Å². The second-order valence-corrected chi connectivity index (χ2v) is 5.12. The van der Waals surface area contributed by atoms with Gasteiger partial charge >= 0.3 is 0 Å². The summed E-state index contributed by atoms with van der Waals surface area (Å²) in [5, 5.41) is 4.92. The lowest BCUT2D eigenvalue weighted by Crippen LogP contribution is -2.08. The second kappa shape index (κ2) is 6.76. The zero-order valence-electron chi connectivity index (χ0n) is 12.5. The predicted octanol–water partition coefficient (Wildman–Crippen LogP) is 3.46. The molecule has 0 N–H and O–H groups in total. The molecule has 0 fully saturated rings. The summed E-state index contributed by atoms with van der Waals surface area (Å²) in [6.45, 7) is 4.48. The highest BCUT2D eigenvalue weighted by Crippen LogP contribution is 2.23. The van der Waals surface area contributed by atoms with E-state index in [1.807, 2.05) is 33.0 Å². The Balaban J connectivity index is 2.22. The number of benzene rings is 1. The molecule has 1 aromatic heterocycles. The van der Waals surface area contributed by atoms with Gasteiger partial charge in [0, 0.05) is 12.6 Å². The number of rotatable bonds is 6. The van der Waals surface area contributed by atoms with E-state index in [1.165, 1.54) is 0 Å². The van der Waals surface area contributed by atoms with Gasteiger partial charge in [0.25, 0.3) is 0 Å². The SMILES string of the molecule is CCOc1cccc(C(=O)Cc2c(Cl)c(CC)nn2C)c1. The van der Waals surface area contributed by atoms with E-state index < -0.39 is 0 Å². The maximum Gasteiger partial charge on any atom is 0.168 e. The summed E-state index contributed by atoms with van der Waals surface area (Å²) in [4.78, 5) is 12.4. The number of ketones is 1. The van der Waals surface area contributed by atoms with Crippen molar-refractivity contribution in [2.24, 2.45) is 7.05 Å². The lowest BCUT2D eigenvalue weighted by atomic mass is 10.1. The van der Waals surface area contributed by atoms with Crippen LogP contribution in [0, 0.1) is 0 Å². The van der Waals surface area contributed by atoms with E-state index in [9.17, 15) is 4.79 Å². The molecular weight excluding hydrogens is 288 g/mol. The summed E-state index contributed by atoms with van der Waals surface area (Å²) in [5.74, 6) is 0.706. The van der Waals surface area contributed by atoms with Gasteiger partial charge in [-0.15, -0.1) is 0 Å². The Morgan fingerprint density at radius 3 is 2.76 bits per heavy atom. The number of Topliss-reactive ketones (excluding diaryl/α,β-unsaturated/α-hetero) is 1.